The lowest BCUT2D eigenvalue weighted by atomic mass is 10.3. The van der Waals surface area contributed by atoms with E-state index in [4.69, 9.17) is 0 Å². The van der Waals surface area contributed by atoms with E-state index in [1.807, 2.05) is 18.4 Å². The van der Waals surface area contributed by atoms with Crippen LogP contribution >= 0.6 is 11.3 Å². The number of hydrogen-bond acceptors (Lipinski definition) is 4. The van der Waals surface area contributed by atoms with Crippen molar-refractivity contribution in [1.82, 2.24) is 9.97 Å². The van der Waals surface area contributed by atoms with Crippen LogP contribution in [0.1, 0.15) is 15.2 Å². The number of rotatable bonds is 2. The number of nitrogens with one attached hydrogen (secondary N) is 1. The van der Waals surface area contributed by atoms with E-state index in [2.05, 4.69) is 15.3 Å². The van der Waals surface area contributed by atoms with Crippen molar-refractivity contribution in [3.05, 3.63) is 40.3 Å². The summed E-state index contributed by atoms with van der Waals surface area (Å²) in [6.07, 6.45) is 3.17. The van der Waals surface area contributed by atoms with Crippen molar-refractivity contribution in [2.45, 2.75) is 6.92 Å². The molecule has 0 fully saturated rings. The molecule has 0 bridgehead atoms. The molecule has 0 spiro atoms. The number of aromatic nitrogens is 2. The van der Waals surface area contributed by atoms with Gasteiger partial charge in [0.2, 0.25) is 5.95 Å². The maximum absolute atomic E-state index is 11.7. The maximum Gasteiger partial charge on any atom is 0.268 e. The number of aryl methyl sites for hydroxylation is 1. The van der Waals surface area contributed by atoms with Gasteiger partial charge in [0.25, 0.3) is 5.91 Å². The van der Waals surface area contributed by atoms with Crippen molar-refractivity contribution in [3.8, 4) is 0 Å². The van der Waals surface area contributed by atoms with Crippen LogP contribution in [0.15, 0.2) is 29.9 Å². The van der Waals surface area contributed by atoms with E-state index in [0.717, 1.165) is 5.56 Å². The molecule has 0 atom stereocenters. The van der Waals surface area contributed by atoms with Gasteiger partial charge in [-0.3, -0.25) is 10.1 Å². The summed E-state index contributed by atoms with van der Waals surface area (Å²) in [5, 5.41) is 4.52. The number of amides is 1. The van der Waals surface area contributed by atoms with Crippen molar-refractivity contribution >= 4 is 23.2 Å². The Balaban J connectivity index is 2.15. The molecule has 0 saturated heterocycles. The fourth-order valence-electron chi connectivity index (χ4n) is 1.13. The molecule has 2 aromatic heterocycles. The van der Waals surface area contributed by atoms with E-state index in [1.54, 1.807) is 18.5 Å². The monoisotopic (exact) mass is 219 g/mol. The first-order valence-corrected chi connectivity index (χ1v) is 5.28. The standard InChI is InChI=1S/C10H9N3OS/c1-7-3-6-15-8(7)9(14)13-10-11-4-2-5-12-10/h2-6H,1H3,(H,11,12,13,14). The Morgan fingerprint density at radius 1 is 1.40 bits per heavy atom. The molecule has 0 aliphatic heterocycles. The molecule has 2 heterocycles. The number of thiophene rings is 1. The highest BCUT2D eigenvalue weighted by Gasteiger charge is 2.11. The Bertz CT molecular complexity index is 467. The van der Waals surface area contributed by atoms with Crippen molar-refractivity contribution in [3.63, 3.8) is 0 Å². The molecule has 4 nitrogen and oxygen atoms in total. The van der Waals surface area contributed by atoms with Gasteiger partial charge < -0.3 is 0 Å². The Hall–Kier alpha value is -1.75. The summed E-state index contributed by atoms with van der Waals surface area (Å²) in [4.78, 5) is 20.3. The van der Waals surface area contributed by atoms with Gasteiger partial charge in [-0.05, 0) is 30.0 Å². The third-order valence-electron chi connectivity index (χ3n) is 1.86. The van der Waals surface area contributed by atoms with Crippen LogP contribution in [0.3, 0.4) is 0 Å². The minimum Gasteiger partial charge on any atom is -0.290 e. The normalized spacial score (nSPS) is 9.93. The average Bonchev–Trinajstić information content (AvgIpc) is 2.66. The molecule has 2 rings (SSSR count). The summed E-state index contributed by atoms with van der Waals surface area (Å²) >= 11 is 1.41. The second-order valence-electron chi connectivity index (χ2n) is 2.96. The highest BCUT2D eigenvalue weighted by molar-refractivity contribution is 7.12. The van der Waals surface area contributed by atoms with Crippen LogP contribution in [-0.2, 0) is 0 Å². The van der Waals surface area contributed by atoms with Crippen molar-refractivity contribution in [2.24, 2.45) is 0 Å². The minimum atomic E-state index is -0.159. The first kappa shape index (κ1) is 9.79. The number of anilines is 1. The van der Waals surface area contributed by atoms with Crippen molar-refractivity contribution in [1.29, 1.82) is 0 Å². The molecule has 15 heavy (non-hydrogen) atoms. The first-order valence-electron chi connectivity index (χ1n) is 4.40. The number of hydrogen-bond donors (Lipinski definition) is 1. The highest BCUT2D eigenvalue weighted by Crippen LogP contribution is 2.16. The first-order chi connectivity index (χ1) is 7.27. The fraction of sp³-hybridized carbons (Fsp3) is 0.100. The van der Waals surface area contributed by atoms with Gasteiger partial charge in [-0.25, -0.2) is 9.97 Å². The topological polar surface area (TPSA) is 54.9 Å². The van der Waals surface area contributed by atoms with Gasteiger partial charge in [-0.15, -0.1) is 11.3 Å². The van der Waals surface area contributed by atoms with Gasteiger partial charge in [0.1, 0.15) is 0 Å². The second-order valence-corrected chi connectivity index (χ2v) is 3.88. The minimum absolute atomic E-state index is 0.159. The van der Waals surface area contributed by atoms with Gasteiger partial charge in [-0.1, -0.05) is 0 Å². The van der Waals surface area contributed by atoms with Gasteiger partial charge >= 0.3 is 0 Å². The summed E-state index contributed by atoms with van der Waals surface area (Å²) in [7, 11) is 0. The van der Waals surface area contributed by atoms with E-state index in [0.29, 0.717) is 10.8 Å². The Morgan fingerprint density at radius 3 is 2.73 bits per heavy atom. The summed E-state index contributed by atoms with van der Waals surface area (Å²) in [5.74, 6) is 0.170. The zero-order chi connectivity index (χ0) is 10.7. The Morgan fingerprint density at radius 2 is 2.13 bits per heavy atom. The summed E-state index contributed by atoms with van der Waals surface area (Å²) in [6, 6.07) is 3.61. The molecule has 5 heteroatoms. The third-order valence-corrected chi connectivity index (χ3v) is 2.87. The van der Waals surface area contributed by atoms with Crippen LogP contribution in [0, 0.1) is 6.92 Å². The van der Waals surface area contributed by atoms with Gasteiger partial charge in [0, 0.05) is 12.4 Å². The molecular formula is C10H9N3OS. The lowest BCUT2D eigenvalue weighted by Crippen LogP contribution is -2.13. The predicted octanol–water partition coefficient (Wildman–Crippen LogP) is 2.10. The maximum atomic E-state index is 11.7. The van der Waals surface area contributed by atoms with Gasteiger partial charge in [-0.2, -0.15) is 0 Å². The number of nitrogens with zero attached hydrogens (tertiary/aromatic N) is 2. The molecule has 2 aromatic rings. The summed E-state index contributed by atoms with van der Waals surface area (Å²) in [6.45, 7) is 1.90. The highest BCUT2D eigenvalue weighted by atomic mass is 32.1. The Labute approximate surface area is 91.0 Å². The number of carbonyl (C=O) groups is 1. The van der Waals surface area contributed by atoms with Crippen LogP contribution in [0.25, 0.3) is 0 Å². The molecule has 76 valence electrons. The fourth-order valence-corrected chi connectivity index (χ4v) is 1.95. The zero-order valence-corrected chi connectivity index (χ0v) is 8.91. The van der Waals surface area contributed by atoms with Gasteiger partial charge in [0.05, 0.1) is 4.88 Å². The molecule has 0 radical (unpaired) electrons. The van der Waals surface area contributed by atoms with Crippen LogP contribution in [0.5, 0.6) is 0 Å². The molecule has 1 amide bonds. The van der Waals surface area contributed by atoms with E-state index in [1.165, 1.54) is 11.3 Å². The molecule has 0 aliphatic carbocycles. The number of carbonyl (C=O) groups excluding carboxylic acids is 1. The average molecular weight is 219 g/mol. The Kier molecular flexibility index (Phi) is 2.73. The predicted molar refractivity (Wildman–Crippen MR) is 59.0 cm³/mol. The van der Waals surface area contributed by atoms with Crippen molar-refractivity contribution < 1.29 is 4.79 Å². The molecular weight excluding hydrogens is 210 g/mol. The van der Waals surface area contributed by atoms with E-state index in [-0.39, 0.29) is 5.91 Å². The molecule has 0 unspecified atom stereocenters. The molecule has 0 saturated carbocycles. The lowest BCUT2D eigenvalue weighted by molar-refractivity contribution is 0.102. The molecule has 0 aromatic carbocycles. The third kappa shape index (κ3) is 2.19. The SMILES string of the molecule is Cc1ccsc1C(=O)Nc1ncccn1. The van der Waals surface area contributed by atoms with Crippen LogP contribution < -0.4 is 5.32 Å². The summed E-state index contributed by atoms with van der Waals surface area (Å²) < 4.78 is 0. The summed E-state index contributed by atoms with van der Waals surface area (Å²) in [5.41, 5.74) is 0.966. The second kappa shape index (κ2) is 4.18. The van der Waals surface area contributed by atoms with Crippen LogP contribution in [-0.4, -0.2) is 15.9 Å². The smallest absolute Gasteiger partial charge is 0.268 e. The molecule has 0 aliphatic rings. The van der Waals surface area contributed by atoms with E-state index < -0.39 is 0 Å². The van der Waals surface area contributed by atoms with E-state index >= 15 is 0 Å². The van der Waals surface area contributed by atoms with E-state index in [9.17, 15) is 4.79 Å². The van der Waals surface area contributed by atoms with Crippen LogP contribution in [0.2, 0.25) is 0 Å². The molecule has 1 N–H and O–H groups in total. The van der Waals surface area contributed by atoms with Gasteiger partial charge in [0.15, 0.2) is 0 Å². The lowest BCUT2D eigenvalue weighted by Gasteiger charge is -2.01. The van der Waals surface area contributed by atoms with Crippen LogP contribution in [0.4, 0.5) is 5.95 Å². The zero-order valence-electron chi connectivity index (χ0n) is 8.10. The quantitative estimate of drug-likeness (QED) is 0.841. The van der Waals surface area contributed by atoms with Crippen molar-refractivity contribution in [2.75, 3.05) is 5.32 Å². The largest absolute Gasteiger partial charge is 0.290 e.